The van der Waals surface area contributed by atoms with E-state index in [0.29, 0.717) is 0 Å². The molecule has 0 bridgehead atoms. The van der Waals surface area contributed by atoms with Crippen LogP contribution in [0, 0.1) is 0 Å². The van der Waals surface area contributed by atoms with Gasteiger partial charge >= 0.3 is 85.3 Å². The van der Waals surface area contributed by atoms with Gasteiger partial charge in [0.25, 0.3) is 0 Å². The Bertz CT molecular complexity index is 98.0. The van der Waals surface area contributed by atoms with Crippen LogP contribution in [0.4, 0.5) is 0 Å². The van der Waals surface area contributed by atoms with Crippen molar-refractivity contribution in [3.63, 3.8) is 0 Å². The first-order valence-electron chi connectivity index (χ1n) is 0.667. The second kappa shape index (κ2) is 22.9. The Labute approximate surface area is 117 Å². The molecule has 0 saturated carbocycles. The van der Waals surface area contributed by atoms with Crippen molar-refractivity contribution >= 4 is 10.4 Å². The molecule has 0 fully saturated rings. The monoisotopic (exact) mass is 394 g/mol. The fraction of sp³-hybridized carbons (Fsp3) is 0. The Kier molecular flexibility index (Phi) is 104. The molecule has 0 aliphatic carbocycles. The van der Waals surface area contributed by atoms with Crippen molar-refractivity contribution in [1.82, 2.24) is 0 Å². The second-order valence-electron chi connectivity index (χ2n) is 0.408. The van der Waals surface area contributed by atoms with Crippen LogP contribution < -0.4 is 0 Å². The van der Waals surface area contributed by atoms with Gasteiger partial charge in [-0.1, -0.05) is 0 Å². The predicted molar refractivity (Wildman–Crippen MR) is 14.1 cm³/mol. The molecule has 5 nitrogen and oxygen atoms in total. The van der Waals surface area contributed by atoms with Crippen molar-refractivity contribution in [3.8, 4) is 0 Å². The van der Waals surface area contributed by atoms with Crippen LogP contribution in [0.3, 0.4) is 0 Å². The fourth-order valence-electron chi connectivity index (χ4n) is 0. The fourth-order valence-corrected chi connectivity index (χ4v) is 0. The van der Waals surface area contributed by atoms with E-state index in [9.17, 15) is 0 Å². The Morgan fingerprint density at radius 1 is 0.727 bits per heavy atom. The summed E-state index contributed by atoms with van der Waals surface area (Å²) in [6, 6.07) is 0. The minimum atomic E-state index is -5.17. The van der Waals surface area contributed by atoms with E-state index in [1.807, 2.05) is 0 Å². The maximum Gasteiger partial charge on any atom is 2.00 e. The third kappa shape index (κ3) is 229. The topological polar surface area (TPSA) is 112 Å². The zero-order valence-corrected chi connectivity index (χ0v) is 10.6. The molecule has 70 valence electrons. The van der Waals surface area contributed by atoms with Crippen molar-refractivity contribution in [2.45, 2.75) is 0 Å². The molecule has 0 aromatic carbocycles. The summed E-state index contributed by atoms with van der Waals surface area (Å²) in [6.07, 6.45) is 0. The van der Waals surface area contributed by atoms with Crippen LogP contribution >= 0.6 is 0 Å². The van der Waals surface area contributed by atoms with Gasteiger partial charge in [0.2, 0.25) is 0 Å². The number of rotatable bonds is 0. The zero-order valence-electron chi connectivity index (χ0n) is 4.31. The van der Waals surface area contributed by atoms with Crippen LogP contribution in [0.25, 0.3) is 0 Å². The van der Waals surface area contributed by atoms with Crippen LogP contribution in [0.1, 0.15) is 0 Å². The Balaban J connectivity index is -0.00000000533. The summed E-state index contributed by atoms with van der Waals surface area (Å²) in [5.41, 5.74) is 0. The molecule has 0 saturated heterocycles. The van der Waals surface area contributed by atoms with Gasteiger partial charge in [0, 0.05) is 10.4 Å². The van der Waals surface area contributed by atoms with Crippen molar-refractivity contribution in [1.29, 1.82) is 0 Å². The Hall–Kier alpha value is 2.43. The molecule has 0 amide bonds. The van der Waals surface area contributed by atoms with E-state index in [1.54, 1.807) is 0 Å². The summed E-state index contributed by atoms with van der Waals surface area (Å²) in [4.78, 5) is 0. The van der Waals surface area contributed by atoms with Gasteiger partial charge in [-0.15, -0.1) is 0 Å². The molecule has 0 radical (unpaired) electrons. The van der Waals surface area contributed by atoms with Gasteiger partial charge in [-0.3, -0.25) is 8.42 Å². The summed E-state index contributed by atoms with van der Waals surface area (Å²) in [5, 5.41) is 0. The van der Waals surface area contributed by atoms with E-state index in [1.165, 1.54) is 0 Å². The molecule has 11 heteroatoms. The SMILES string of the molecule is O.O=S(=O)([O-])[O-].[Fe+2].[Fe+2].[Fe+2].[Fe+2].[Fe+2]. The molecule has 0 aliphatic rings. The average Bonchev–Trinajstić information content (AvgIpc) is 0.722. The van der Waals surface area contributed by atoms with Crippen LogP contribution in [0.15, 0.2) is 0 Å². The van der Waals surface area contributed by atoms with E-state index in [4.69, 9.17) is 17.5 Å². The minimum Gasteiger partial charge on any atom is -0.759 e. The van der Waals surface area contributed by atoms with E-state index >= 15 is 0 Å². The van der Waals surface area contributed by atoms with Crippen molar-refractivity contribution in [3.05, 3.63) is 0 Å². The molecule has 0 rings (SSSR count). The molecular formula is H2Fe5O5S+8. The maximum atomic E-state index is 8.52. The van der Waals surface area contributed by atoms with Gasteiger partial charge < -0.3 is 14.6 Å². The zero-order chi connectivity index (χ0) is 4.50. The molecule has 0 atom stereocenters. The quantitative estimate of drug-likeness (QED) is 0.265. The van der Waals surface area contributed by atoms with Crippen LogP contribution in [0.2, 0.25) is 0 Å². The van der Waals surface area contributed by atoms with Crippen molar-refractivity contribution < 1.29 is 108 Å². The molecule has 0 spiro atoms. The van der Waals surface area contributed by atoms with E-state index < -0.39 is 10.4 Å². The predicted octanol–water partition coefficient (Wildman–Crippen LogP) is -2.18. The summed E-state index contributed by atoms with van der Waals surface area (Å²) >= 11 is 0. The van der Waals surface area contributed by atoms with Crippen LogP contribution in [0.5, 0.6) is 0 Å². The van der Waals surface area contributed by atoms with E-state index in [2.05, 4.69) is 0 Å². The molecule has 0 aromatic rings. The number of hydrogen-bond donors (Lipinski definition) is 0. The van der Waals surface area contributed by atoms with Gasteiger partial charge in [0.15, 0.2) is 0 Å². The Morgan fingerprint density at radius 3 is 0.727 bits per heavy atom. The van der Waals surface area contributed by atoms with Crippen molar-refractivity contribution in [2.75, 3.05) is 0 Å². The molecule has 11 heavy (non-hydrogen) atoms. The normalized spacial score (nSPS) is 5.27. The summed E-state index contributed by atoms with van der Waals surface area (Å²) < 4.78 is 34.1. The maximum absolute atomic E-state index is 8.52. The summed E-state index contributed by atoms with van der Waals surface area (Å²) in [7, 11) is -5.17. The standard InChI is InChI=1S/5Fe.H2O4S.H2O/c;;;;;1-5(2,3)4;/h;;;;;(H2,1,2,3,4);1H2/q5*+2;;/p-2. The van der Waals surface area contributed by atoms with Gasteiger partial charge in [0.05, 0.1) is 0 Å². The number of hydrogen-bond acceptors (Lipinski definition) is 4. The van der Waals surface area contributed by atoms with Crippen LogP contribution in [-0.2, 0) is 95.7 Å². The van der Waals surface area contributed by atoms with Crippen LogP contribution in [-0.4, -0.2) is 23.0 Å². The van der Waals surface area contributed by atoms with Gasteiger partial charge in [-0.25, -0.2) is 0 Å². The molecule has 0 aromatic heterocycles. The average molecular weight is 393 g/mol. The first-order chi connectivity index (χ1) is 2.00. The van der Waals surface area contributed by atoms with E-state index in [0.717, 1.165) is 0 Å². The minimum absolute atomic E-state index is 0. The molecular weight excluding hydrogens is 391 g/mol. The summed E-state index contributed by atoms with van der Waals surface area (Å²) in [5.74, 6) is 0. The third-order valence-corrected chi connectivity index (χ3v) is 0. The van der Waals surface area contributed by atoms with Gasteiger partial charge in [0.1, 0.15) is 0 Å². The first-order valence-corrected chi connectivity index (χ1v) is 2.00. The molecule has 0 aliphatic heterocycles. The summed E-state index contributed by atoms with van der Waals surface area (Å²) in [6.45, 7) is 0. The second-order valence-corrected chi connectivity index (χ2v) is 1.22. The van der Waals surface area contributed by atoms with Crippen molar-refractivity contribution in [2.24, 2.45) is 0 Å². The van der Waals surface area contributed by atoms with Gasteiger partial charge in [-0.2, -0.15) is 0 Å². The Morgan fingerprint density at radius 2 is 0.727 bits per heavy atom. The first kappa shape index (κ1) is 50.2. The third-order valence-electron chi connectivity index (χ3n) is 0. The molecule has 2 N–H and O–H groups in total. The van der Waals surface area contributed by atoms with E-state index in [-0.39, 0.29) is 90.8 Å². The molecule has 0 heterocycles. The van der Waals surface area contributed by atoms with Gasteiger partial charge in [-0.05, 0) is 0 Å². The largest absolute Gasteiger partial charge is 2.00 e. The molecule has 0 unspecified atom stereocenters. The smallest absolute Gasteiger partial charge is 0.759 e.